The molecule has 0 fully saturated rings. The van der Waals surface area contributed by atoms with Crippen LogP contribution in [0.2, 0.25) is 0 Å². The van der Waals surface area contributed by atoms with Gasteiger partial charge in [0.25, 0.3) is 0 Å². The molecule has 3 aromatic rings. The normalized spacial score (nSPS) is 10.9. The first kappa shape index (κ1) is 13.7. The van der Waals surface area contributed by atoms with E-state index in [0.29, 0.717) is 16.3 Å². The van der Waals surface area contributed by atoms with E-state index in [1.54, 1.807) is 24.3 Å². The average molecular weight is 300 g/mol. The molecule has 0 saturated heterocycles. The van der Waals surface area contributed by atoms with Gasteiger partial charge in [0, 0.05) is 20.2 Å². The van der Waals surface area contributed by atoms with Crippen LogP contribution in [0.3, 0.4) is 0 Å². The molecule has 21 heavy (non-hydrogen) atoms. The summed E-state index contributed by atoms with van der Waals surface area (Å²) in [7, 11) is 0. The first-order valence-electron chi connectivity index (χ1n) is 6.44. The van der Waals surface area contributed by atoms with Gasteiger partial charge in [-0.15, -0.1) is 11.3 Å². The van der Waals surface area contributed by atoms with Crippen LogP contribution in [0.25, 0.3) is 20.2 Å². The van der Waals surface area contributed by atoms with Crippen molar-refractivity contribution in [2.45, 2.75) is 0 Å². The van der Waals surface area contributed by atoms with E-state index >= 15 is 0 Å². The van der Waals surface area contributed by atoms with E-state index in [4.69, 9.17) is 9.84 Å². The van der Waals surface area contributed by atoms with Crippen molar-refractivity contribution in [3.8, 4) is 0 Å². The number of carbonyl (C=O) groups excluding carboxylic acids is 1. The van der Waals surface area contributed by atoms with Crippen LogP contribution in [0.15, 0.2) is 47.3 Å². The van der Waals surface area contributed by atoms with Gasteiger partial charge in [0.05, 0.1) is 12.2 Å². The van der Waals surface area contributed by atoms with Crippen molar-refractivity contribution in [1.82, 2.24) is 0 Å². The SMILES string of the molecule is O=C(OCCO)c1ccc2sc3ccccc3c(=O)c2c1. The molecule has 106 valence electrons. The summed E-state index contributed by atoms with van der Waals surface area (Å²) in [5, 5.41) is 9.83. The van der Waals surface area contributed by atoms with Crippen molar-refractivity contribution in [2.75, 3.05) is 13.2 Å². The molecule has 1 N–H and O–H groups in total. The predicted octanol–water partition coefficient (Wildman–Crippen LogP) is 2.56. The minimum Gasteiger partial charge on any atom is -0.460 e. The topological polar surface area (TPSA) is 63.6 Å². The highest BCUT2D eigenvalue weighted by molar-refractivity contribution is 7.24. The summed E-state index contributed by atoms with van der Waals surface area (Å²) in [4.78, 5) is 24.3. The molecule has 3 rings (SSSR count). The van der Waals surface area contributed by atoms with Gasteiger partial charge in [-0.1, -0.05) is 12.1 Å². The van der Waals surface area contributed by atoms with E-state index in [1.165, 1.54) is 11.3 Å². The molecular weight excluding hydrogens is 288 g/mol. The third-order valence-corrected chi connectivity index (χ3v) is 4.29. The van der Waals surface area contributed by atoms with Crippen LogP contribution in [-0.2, 0) is 4.74 Å². The second-order valence-electron chi connectivity index (χ2n) is 4.50. The molecule has 0 amide bonds. The largest absolute Gasteiger partial charge is 0.460 e. The Morgan fingerprint density at radius 1 is 1.10 bits per heavy atom. The van der Waals surface area contributed by atoms with Gasteiger partial charge in [0.15, 0.2) is 5.43 Å². The monoisotopic (exact) mass is 300 g/mol. The van der Waals surface area contributed by atoms with Crippen molar-refractivity contribution in [1.29, 1.82) is 0 Å². The Labute approximate surface area is 124 Å². The van der Waals surface area contributed by atoms with Gasteiger partial charge in [0.2, 0.25) is 0 Å². The number of hydrogen-bond donors (Lipinski definition) is 1. The lowest BCUT2D eigenvalue weighted by atomic mass is 10.1. The third kappa shape index (κ3) is 2.53. The molecule has 0 aliphatic rings. The number of ether oxygens (including phenoxy) is 1. The second kappa shape index (κ2) is 5.63. The quantitative estimate of drug-likeness (QED) is 0.596. The minimum atomic E-state index is -0.538. The van der Waals surface area contributed by atoms with Gasteiger partial charge in [-0.05, 0) is 30.3 Å². The zero-order valence-corrected chi connectivity index (χ0v) is 11.9. The van der Waals surface area contributed by atoms with Crippen molar-refractivity contribution >= 4 is 37.5 Å². The minimum absolute atomic E-state index is 0.0541. The van der Waals surface area contributed by atoms with Crippen LogP contribution < -0.4 is 5.43 Å². The summed E-state index contributed by atoms with van der Waals surface area (Å²) < 4.78 is 6.62. The van der Waals surface area contributed by atoms with Crippen molar-refractivity contribution < 1.29 is 14.6 Å². The fraction of sp³-hybridized carbons (Fsp3) is 0.125. The van der Waals surface area contributed by atoms with Gasteiger partial charge < -0.3 is 9.84 Å². The molecule has 0 aliphatic carbocycles. The zero-order valence-electron chi connectivity index (χ0n) is 11.0. The fourth-order valence-electron chi connectivity index (χ4n) is 2.15. The van der Waals surface area contributed by atoms with Crippen LogP contribution >= 0.6 is 11.3 Å². The van der Waals surface area contributed by atoms with Crippen LogP contribution in [0.1, 0.15) is 10.4 Å². The van der Waals surface area contributed by atoms with E-state index < -0.39 is 5.97 Å². The Kier molecular flexibility index (Phi) is 3.68. The van der Waals surface area contributed by atoms with Crippen molar-refractivity contribution in [3.05, 3.63) is 58.3 Å². The summed E-state index contributed by atoms with van der Waals surface area (Å²) in [6.07, 6.45) is 0. The number of hydrogen-bond acceptors (Lipinski definition) is 5. The maximum absolute atomic E-state index is 12.5. The zero-order chi connectivity index (χ0) is 14.8. The number of aliphatic hydroxyl groups is 1. The fourth-order valence-corrected chi connectivity index (χ4v) is 3.20. The standard InChI is InChI=1S/C16H12O4S/c17-7-8-20-16(19)10-5-6-14-12(9-10)15(18)11-3-1-2-4-13(11)21-14/h1-6,9,17H,7-8H2. The smallest absolute Gasteiger partial charge is 0.338 e. The van der Waals surface area contributed by atoms with Crippen molar-refractivity contribution in [2.24, 2.45) is 0 Å². The van der Waals surface area contributed by atoms with E-state index in [9.17, 15) is 9.59 Å². The number of fused-ring (bicyclic) bond motifs is 2. The van der Waals surface area contributed by atoms with Gasteiger partial charge in [-0.3, -0.25) is 4.79 Å². The van der Waals surface area contributed by atoms with Crippen molar-refractivity contribution in [3.63, 3.8) is 0 Å². The molecule has 0 unspecified atom stereocenters. The van der Waals surface area contributed by atoms with E-state index in [0.717, 1.165) is 9.40 Å². The molecule has 4 nitrogen and oxygen atoms in total. The maximum atomic E-state index is 12.5. The van der Waals surface area contributed by atoms with E-state index in [2.05, 4.69) is 0 Å². The molecule has 1 aromatic heterocycles. The Balaban J connectivity index is 2.17. The highest BCUT2D eigenvalue weighted by Crippen LogP contribution is 2.25. The van der Waals surface area contributed by atoms with Crippen LogP contribution in [0.4, 0.5) is 0 Å². The molecule has 1 heterocycles. The second-order valence-corrected chi connectivity index (χ2v) is 5.58. The predicted molar refractivity (Wildman–Crippen MR) is 83.0 cm³/mol. The first-order chi connectivity index (χ1) is 10.2. The molecule has 5 heteroatoms. The summed E-state index contributed by atoms with van der Waals surface area (Å²) in [5.41, 5.74) is 0.228. The number of benzene rings is 2. The molecular formula is C16H12O4S. The molecule has 2 aromatic carbocycles. The molecule has 0 radical (unpaired) electrons. The lowest BCUT2D eigenvalue weighted by Gasteiger charge is -2.05. The first-order valence-corrected chi connectivity index (χ1v) is 7.26. The summed E-state index contributed by atoms with van der Waals surface area (Å²) in [6.45, 7) is -0.277. The molecule has 0 saturated carbocycles. The molecule has 0 bridgehead atoms. The Bertz CT molecular complexity index is 882. The van der Waals surface area contributed by atoms with Gasteiger partial charge in [0.1, 0.15) is 6.61 Å². The number of aliphatic hydroxyl groups excluding tert-OH is 1. The van der Waals surface area contributed by atoms with Crippen LogP contribution in [-0.4, -0.2) is 24.3 Å². The summed E-state index contributed by atoms with van der Waals surface area (Å²) >= 11 is 1.51. The lowest BCUT2D eigenvalue weighted by molar-refractivity contribution is 0.0434. The summed E-state index contributed by atoms with van der Waals surface area (Å²) in [6, 6.07) is 12.3. The lowest BCUT2D eigenvalue weighted by Crippen LogP contribution is -2.09. The van der Waals surface area contributed by atoms with Gasteiger partial charge >= 0.3 is 5.97 Å². The molecule has 0 aliphatic heterocycles. The van der Waals surface area contributed by atoms with Gasteiger partial charge in [-0.2, -0.15) is 0 Å². The van der Waals surface area contributed by atoms with Gasteiger partial charge in [-0.25, -0.2) is 4.79 Å². The highest BCUT2D eigenvalue weighted by atomic mass is 32.1. The molecule has 0 spiro atoms. The molecule has 0 atom stereocenters. The Morgan fingerprint density at radius 2 is 1.86 bits per heavy atom. The third-order valence-electron chi connectivity index (χ3n) is 3.14. The number of esters is 1. The van der Waals surface area contributed by atoms with E-state index in [1.807, 2.05) is 18.2 Å². The highest BCUT2D eigenvalue weighted by Gasteiger charge is 2.11. The Hall–Kier alpha value is -2.24. The van der Waals surface area contributed by atoms with Crippen LogP contribution in [0, 0.1) is 0 Å². The Morgan fingerprint density at radius 3 is 2.67 bits per heavy atom. The number of rotatable bonds is 3. The maximum Gasteiger partial charge on any atom is 0.338 e. The number of carbonyl (C=O) groups is 1. The van der Waals surface area contributed by atoms with Crippen LogP contribution in [0.5, 0.6) is 0 Å². The average Bonchev–Trinajstić information content (AvgIpc) is 2.52. The van der Waals surface area contributed by atoms with E-state index in [-0.39, 0.29) is 18.6 Å². The summed E-state index contributed by atoms with van der Waals surface area (Å²) in [5.74, 6) is -0.538.